The molecule has 0 saturated carbocycles. The number of rotatable bonds is 7. The molecule has 2 aliphatic heterocycles. The Morgan fingerprint density at radius 2 is 1.68 bits per heavy atom. The van der Waals surface area contributed by atoms with Crippen molar-refractivity contribution in [1.82, 2.24) is 15.1 Å². The number of hydrogen-bond acceptors (Lipinski definition) is 5. The van der Waals surface area contributed by atoms with Crippen molar-refractivity contribution >= 4 is 46.7 Å². The minimum atomic E-state index is -5.76. The minimum absolute atomic E-state index is 0.0627. The van der Waals surface area contributed by atoms with Gasteiger partial charge in [-0.3, -0.25) is 18.9 Å². The van der Waals surface area contributed by atoms with Crippen molar-refractivity contribution in [3.63, 3.8) is 0 Å². The summed E-state index contributed by atoms with van der Waals surface area (Å²) < 4.78 is 40.6. The van der Waals surface area contributed by atoms with Crippen molar-refractivity contribution in [2.75, 3.05) is 19.6 Å². The quantitative estimate of drug-likeness (QED) is 0.245. The van der Waals surface area contributed by atoms with Crippen LogP contribution in [0.3, 0.4) is 0 Å². The maximum Gasteiger partial charge on any atom is 0.399 e. The number of nitrogens with one attached hydrogen (secondary N) is 1. The predicted molar refractivity (Wildman–Crippen MR) is 177 cm³/mol. The highest BCUT2D eigenvalue weighted by Crippen LogP contribution is 2.59. The van der Waals surface area contributed by atoms with Gasteiger partial charge in [0, 0.05) is 35.8 Å². The molecule has 0 spiro atoms. The summed E-state index contributed by atoms with van der Waals surface area (Å²) in [5.74, 6) is -0.757. The third-order valence-corrected chi connectivity index (χ3v) is 11.3. The topological polar surface area (TPSA) is 127 Å². The molecular weight excluding hydrogens is 647 g/mol. The summed E-state index contributed by atoms with van der Waals surface area (Å²) >= 11 is 1.02. The highest BCUT2D eigenvalue weighted by molar-refractivity contribution is 7.52. The van der Waals surface area contributed by atoms with Gasteiger partial charge in [0.2, 0.25) is 11.8 Å². The zero-order valence-electron chi connectivity index (χ0n) is 26.8. The number of nitrogens with zero attached hydrogens (tertiary/aromatic N) is 2. The molecule has 0 bridgehead atoms. The zero-order valence-corrected chi connectivity index (χ0v) is 28.5. The molecule has 47 heavy (non-hydrogen) atoms. The first kappa shape index (κ1) is 35.1. The molecule has 2 aromatic carbocycles. The molecule has 3 heterocycles. The summed E-state index contributed by atoms with van der Waals surface area (Å²) in [6.45, 7) is 7.12. The summed E-state index contributed by atoms with van der Waals surface area (Å²) in [5.41, 5.74) is -4.77. The van der Waals surface area contributed by atoms with Gasteiger partial charge in [-0.05, 0) is 60.2 Å². The van der Waals surface area contributed by atoms with Crippen LogP contribution in [0.1, 0.15) is 86.0 Å². The Balaban J connectivity index is 1.36. The molecule has 3 atom stereocenters. The number of benzene rings is 2. The summed E-state index contributed by atoms with van der Waals surface area (Å²) in [5, 5.41) is 3.09. The molecule has 9 nitrogen and oxygen atoms in total. The molecule has 3 amide bonds. The van der Waals surface area contributed by atoms with Crippen LogP contribution in [0.15, 0.2) is 54.6 Å². The van der Waals surface area contributed by atoms with Crippen LogP contribution in [-0.4, -0.2) is 69.0 Å². The standard InChI is InChI=1S/C34H42F2N3O6PS/c1-33(2,3)29(37-30(40)28-20-24-19-25(15-16-27(24)47-28)34(35,36)46(43,44)45)32(42)39-18-9-5-8-14-26(39)31(41)38-17-10-13-23(21-38)22-11-6-4-7-12-22/h4,6-7,11-12,15-16,19-20,23,26,29H,5,8-10,13-14,17-18,21H2,1-3H3,(H,37,40)(H2,43,44,45). The SMILES string of the molecule is CC(C)(C)C(NC(=O)c1cc2cc(C(F)(F)P(=O)(O)O)ccc2s1)C(=O)N1CCCCCC1C(=O)N1CCCC(c2ccccc2)C1. The number of likely N-dealkylation sites (tertiary alicyclic amines) is 2. The smallest absolute Gasteiger partial charge is 0.340 e. The lowest BCUT2D eigenvalue weighted by molar-refractivity contribution is -0.149. The summed E-state index contributed by atoms with van der Waals surface area (Å²) in [7, 11) is -5.76. The Morgan fingerprint density at radius 1 is 0.957 bits per heavy atom. The van der Waals surface area contributed by atoms with Crippen molar-refractivity contribution < 1.29 is 37.5 Å². The molecule has 2 aliphatic rings. The fraction of sp³-hybridized carbons (Fsp3) is 0.500. The van der Waals surface area contributed by atoms with Gasteiger partial charge in [0.15, 0.2) is 0 Å². The van der Waals surface area contributed by atoms with Crippen molar-refractivity contribution in [3.05, 3.63) is 70.6 Å². The van der Waals surface area contributed by atoms with E-state index in [0.29, 0.717) is 30.8 Å². The second-order valence-electron chi connectivity index (χ2n) is 13.7. The largest absolute Gasteiger partial charge is 0.399 e. The van der Waals surface area contributed by atoms with Gasteiger partial charge < -0.3 is 24.9 Å². The van der Waals surface area contributed by atoms with E-state index in [9.17, 15) is 27.7 Å². The van der Waals surface area contributed by atoms with E-state index in [2.05, 4.69) is 17.4 Å². The predicted octanol–water partition coefficient (Wildman–Crippen LogP) is 6.45. The van der Waals surface area contributed by atoms with Crippen molar-refractivity contribution in [2.24, 2.45) is 5.41 Å². The molecule has 5 rings (SSSR count). The molecule has 13 heteroatoms. The number of hydrogen-bond donors (Lipinski definition) is 3. The number of piperidine rings is 1. The monoisotopic (exact) mass is 689 g/mol. The molecule has 3 aromatic rings. The molecule has 3 unspecified atom stereocenters. The maximum absolute atomic E-state index is 14.4. The van der Waals surface area contributed by atoms with E-state index >= 15 is 0 Å². The third-order valence-electron chi connectivity index (χ3n) is 9.17. The van der Waals surface area contributed by atoms with Gasteiger partial charge >= 0.3 is 13.3 Å². The van der Waals surface area contributed by atoms with Crippen LogP contribution in [0.25, 0.3) is 10.1 Å². The number of fused-ring (bicyclic) bond motifs is 1. The normalized spacial score (nSPS) is 20.5. The summed E-state index contributed by atoms with van der Waals surface area (Å²) in [6, 6.07) is 13.1. The van der Waals surface area contributed by atoms with Gasteiger partial charge in [-0.15, -0.1) is 11.3 Å². The number of carbonyl (C=O) groups excluding carboxylic acids is 3. The van der Waals surface area contributed by atoms with E-state index in [4.69, 9.17) is 9.79 Å². The summed E-state index contributed by atoms with van der Waals surface area (Å²) in [4.78, 5) is 64.0. The van der Waals surface area contributed by atoms with E-state index in [0.717, 1.165) is 55.6 Å². The van der Waals surface area contributed by atoms with Crippen LogP contribution in [0, 0.1) is 5.41 Å². The first-order valence-electron chi connectivity index (χ1n) is 16.0. The molecular formula is C34H42F2N3O6PS. The number of halogens is 2. The van der Waals surface area contributed by atoms with Gasteiger partial charge in [0.05, 0.1) is 4.88 Å². The van der Waals surface area contributed by atoms with Crippen LogP contribution >= 0.6 is 18.9 Å². The van der Waals surface area contributed by atoms with E-state index in [1.807, 2.05) is 43.9 Å². The Hall–Kier alpha value is -3.18. The highest BCUT2D eigenvalue weighted by Gasteiger charge is 2.50. The third kappa shape index (κ3) is 7.61. The van der Waals surface area contributed by atoms with E-state index in [1.165, 1.54) is 17.7 Å². The van der Waals surface area contributed by atoms with Crippen LogP contribution < -0.4 is 5.32 Å². The molecule has 1 aromatic heterocycles. The lowest BCUT2D eigenvalue weighted by Crippen LogP contribution is -2.60. The van der Waals surface area contributed by atoms with Crippen LogP contribution in [0.4, 0.5) is 8.78 Å². The Kier molecular flexibility index (Phi) is 10.3. The molecule has 2 fully saturated rings. The van der Waals surface area contributed by atoms with Crippen LogP contribution in [0.2, 0.25) is 0 Å². The number of thiophene rings is 1. The lowest BCUT2D eigenvalue weighted by Gasteiger charge is -2.40. The Morgan fingerprint density at radius 3 is 2.36 bits per heavy atom. The minimum Gasteiger partial charge on any atom is -0.340 e. The zero-order chi connectivity index (χ0) is 34.1. The lowest BCUT2D eigenvalue weighted by atomic mass is 9.85. The van der Waals surface area contributed by atoms with Gasteiger partial charge in [-0.2, -0.15) is 8.78 Å². The van der Waals surface area contributed by atoms with E-state index in [-0.39, 0.29) is 28.0 Å². The number of amides is 3. The van der Waals surface area contributed by atoms with Crippen LogP contribution in [-0.2, 0) is 19.8 Å². The van der Waals surface area contributed by atoms with E-state index < -0.39 is 42.2 Å². The molecule has 2 saturated heterocycles. The first-order chi connectivity index (χ1) is 22.1. The highest BCUT2D eigenvalue weighted by atomic mass is 32.1. The maximum atomic E-state index is 14.4. The van der Waals surface area contributed by atoms with Crippen molar-refractivity contribution in [1.29, 1.82) is 0 Å². The van der Waals surface area contributed by atoms with Gasteiger partial charge in [0.25, 0.3) is 5.91 Å². The van der Waals surface area contributed by atoms with Gasteiger partial charge in [-0.1, -0.05) is 70.0 Å². The van der Waals surface area contributed by atoms with E-state index in [1.54, 1.807) is 4.90 Å². The Bertz CT molecular complexity index is 1670. The average molecular weight is 690 g/mol. The second kappa shape index (κ2) is 13.7. The number of alkyl halides is 2. The van der Waals surface area contributed by atoms with Crippen LogP contribution in [0.5, 0.6) is 0 Å². The van der Waals surface area contributed by atoms with Gasteiger partial charge in [0.1, 0.15) is 12.1 Å². The van der Waals surface area contributed by atoms with Crippen molar-refractivity contribution in [2.45, 2.75) is 83.0 Å². The van der Waals surface area contributed by atoms with Crippen molar-refractivity contribution in [3.8, 4) is 0 Å². The average Bonchev–Trinajstić information content (AvgIpc) is 3.31. The molecule has 254 valence electrons. The van der Waals surface area contributed by atoms with Gasteiger partial charge in [-0.25, -0.2) is 0 Å². The fourth-order valence-electron chi connectivity index (χ4n) is 6.54. The molecule has 3 N–H and O–H groups in total. The second-order valence-corrected chi connectivity index (χ2v) is 16.4. The summed E-state index contributed by atoms with van der Waals surface area (Å²) in [6.07, 6.45) is 4.85. The fourth-order valence-corrected chi connectivity index (χ4v) is 7.96. The first-order valence-corrected chi connectivity index (χ1v) is 18.4. The molecule has 0 aliphatic carbocycles. The molecule has 0 radical (unpaired) electrons. The number of carbonyl (C=O) groups is 3. The Labute approximate surface area is 277 Å².